The van der Waals surface area contributed by atoms with Crippen LogP contribution in [0.1, 0.15) is 35.6 Å². The summed E-state index contributed by atoms with van der Waals surface area (Å²) < 4.78 is 39.4. The minimum Gasteiger partial charge on any atom is -0.480 e. The van der Waals surface area contributed by atoms with Crippen LogP contribution in [-0.4, -0.2) is 28.6 Å². The molecule has 25 heavy (non-hydrogen) atoms. The lowest BCUT2D eigenvalue weighted by atomic mass is 9.96. The molecule has 0 amide bonds. The number of benzene rings is 1. The zero-order valence-electron chi connectivity index (χ0n) is 13.0. The first-order valence-corrected chi connectivity index (χ1v) is 8.98. The van der Waals surface area contributed by atoms with E-state index in [0.29, 0.717) is 19.4 Å². The van der Waals surface area contributed by atoms with E-state index < -0.39 is 29.8 Å². The number of carboxylic acids is 1. The molecule has 0 bridgehead atoms. The Morgan fingerprint density at radius 3 is 2.72 bits per heavy atom. The summed E-state index contributed by atoms with van der Waals surface area (Å²) in [5.74, 6) is -0.971. The van der Waals surface area contributed by atoms with Crippen molar-refractivity contribution in [1.82, 2.24) is 4.90 Å². The summed E-state index contributed by atoms with van der Waals surface area (Å²) in [5.41, 5.74) is 0.237. The van der Waals surface area contributed by atoms with Crippen LogP contribution < -0.4 is 0 Å². The molecule has 0 spiro atoms. The van der Waals surface area contributed by atoms with Gasteiger partial charge >= 0.3 is 12.1 Å². The number of rotatable bonds is 4. The van der Waals surface area contributed by atoms with E-state index in [1.54, 1.807) is 11.0 Å². The van der Waals surface area contributed by atoms with E-state index in [1.165, 1.54) is 17.4 Å². The molecule has 0 aliphatic carbocycles. The number of thiophene rings is 1. The summed E-state index contributed by atoms with van der Waals surface area (Å²) in [6, 6.07) is 3.63. The number of alkyl halides is 3. The molecule has 1 fully saturated rings. The molecule has 134 valence electrons. The van der Waals surface area contributed by atoms with Crippen molar-refractivity contribution in [3.8, 4) is 0 Å². The third-order valence-electron chi connectivity index (χ3n) is 4.39. The number of hydrogen-bond acceptors (Lipinski definition) is 3. The van der Waals surface area contributed by atoms with Gasteiger partial charge in [0.2, 0.25) is 0 Å². The van der Waals surface area contributed by atoms with Crippen LogP contribution in [-0.2, 0) is 11.0 Å². The predicted molar refractivity (Wildman–Crippen MR) is 90.0 cm³/mol. The molecule has 1 aromatic carbocycles. The Labute approximate surface area is 151 Å². The molecule has 2 unspecified atom stereocenters. The Hall–Kier alpha value is -1.57. The van der Waals surface area contributed by atoms with Gasteiger partial charge in [-0.05, 0) is 59.0 Å². The number of carboxylic acid groups (broad SMARTS) is 1. The first-order chi connectivity index (χ1) is 11.8. The van der Waals surface area contributed by atoms with Crippen molar-refractivity contribution in [3.05, 3.63) is 56.7 Å². The van der Waals surface area contributed by atoms with Crippen LogP contribution >= 0.6 is 22.9 Å². The zero-order chi connectivity index (χ0) is 18.2. The van der Waals surface area contributed by atoms with Crippen LogP contribution in [0, 0.1) is 0 Å². The van der Waals surface area contributed by atoms with E-state index in [2.05, 4.69) is 0 Å². The van der Waals surface area contributed by atoms with Gasteiger partial charge in [0.1, 0.15) is 6.04 Å². The van der Waals surface area contributed by atoms with E-state index in [1.807, 2.05) is 10.8 Å². The predicted octanol–water partition coefficient (Wildman–Crippen LogP) is 5.06. The lowest BCUT2D eigenvalue weighted by molar-refractivity contribution is -0.143. The molecule has 3 rings (SSSR count). The van der Waals surface area contributed by atoms with Crippen molar-refractivity contribution in [2.24, 2.45) is 0 Å². The van der Waals surface area contributed by atoms with Crippen molar-refractivity contribution in [1.29, 1.82) is 0 Å². The summed E-state index contributed by atoms with van der Waals surface area (Å²) >= 11 is 7.63. The average molecular weight is 390 g/mol. The Balaban J connectivity index is 2.12. The molecule has 0 saturated carbocycles. The molecule has 8 heteroatoms. The lowest BCUT2D eigenvalue weighted by Crippen LogP contribution is -2.39. The second-order valence-corrected chi connectivity index (χ2v) is 7.11. The number of aliphatic carboxylic acids is 1. The minimum atomic E-state index is -4.49. The fourth-order valence-corrected chi connectivity index (χ4v) is 4.17. The second kappa shape index (κ2) is 6.97. The van der Waals surface area contributed by atoms with Gasteiger partial charge < -0.3 is 5.11 Å². The summed E-state index contributed by atoms with van der Waals surface area (Å²) in [5, 5.41) is 13.3. The summed E-state index contributed by atoms with van der Waals surface area (Å²) in [4.78, 5) is 13.3. The van der Waals surface area contributed by atoms with Crippen LogP contribution in [0.2, 0.25) is 5.02 Å². The largest absolute Gasteiger partial charge is 0.480 e. The maximum atomic E-state index is 13.1. The third kappa shape index (κ3) is 3.68. The van der Waals surface area contributed by atoms with Gasteiger partial charge in [0.15, 0.2) is 0 Å². The minimum absolute atomic E-state index is 0.195. The molecule has 1 aliphatic heterocycles. The van der Waals surface area contributed by atoms with E-state index in [9.17, 15) is 23.1 Å². The molecule has 0 radical (unpaired) electrons. The maximum absolute atomic E-state index is 13.1. The molecule has 1 aliphatic rings. The molecule has 1 N–H and O–H groups in total. The highest BCUT2D eigenvalue weighted by atomic mass is 35.5. The number of likely N-dealkylation sites (tertiary alicyclic amines) is 1. The maximum Gasteiger partial charge on any atom is 0.416 e. The first-order valence-electron chi connectivity index (χ1n) is 7.66. The van der Waals surface area contributed by atoms with Gasteiger partial charge in [0.25, 0.3) is 0 Å². The van der Waals surface area contributed by atoms with Crippen molar-refractivity contribution >= 4 is 28.9 Å². The Morgan fingerprint density at radius 2 is 2.12 bits per heavy atom. The molecule has 1 saturated heterocycles. The van der Waals surface area contributed by atoms with Gasteiger partial charge in [-0.3, -0.25) is 9.69 Å². The third-order valence-corrected chi connectivity index (χ3v) is 5.43. The van der Waals surface area contributed by atoms with Crippen LogP contribution in [0.5, 0.6) is 0 Å². The second-order valence-electron chi connectivity index (χ2n) is 5.93. The number of halogens is 4. The number of nitrogens with zero attached hydrogens (tertiary/aromatic N) is 1. The van der Waals surface area contributed by atoms with Gasteiger partial charge in [0.05, 0.1) is 11.6 Å². The summed E-state index contributed by atoms with van der Waals surface area (Å²) in [6.45, 7) is 0.490. The van der Waals surface area contributed by atoms with E-state index >= 15 is 0 Å². The number of hydrogen-bond donors (Lipinski definition) is 1. The van der Waals surface area contributed by atoms with Gasteiger partial charge in [-0.25, -0.2) is 0 Å². The fraction of sp³-hybridized carbons (Fsp3) is 0.353. The van der Waals surface area contributed by atoms with Gasteiger partial charge in [-0.15, -0.1) is 0 Å². The zero-order valence-corrected chi connectivity index (χ0v) is 14.5. The molecule has 3 nitrogen and oxygen atoms in total. The molecule has 2 aromatic rings. The normalized spacial score (nSPS) is 19.9. The van der Waals surface area contributed by atoms with E-state index in [4.69, 9.17) is 11.6 Å². The monoisotopic (exact) mass is 389 g/mol. The standard InChI is InChI=1S/C17H15ClF3NO2S/c18-13-4-3-11(17(19,20)21)8-12(13)15(10-5-7-25-9-10)22-6-1-2-14(22)16(23)24/h3-5,7-9,14-15H,1-2,6H2,(H,23,24). The highest BCUT2D eigenvalue weighted by Crippen LogP contribution is 2.41. The first kappa shape index (κ1) is 18.2. The summed E-state index contributed by atoms with van der Waals surface area (Å²) in [7, 11) is 0. The quantitative estimate of drug-likeness (QED) is 0.794. The highest BCUT2D eigenvalue weighted by Gasteiger charge is 2.39. The SMILES string of the molecule is O=C(O)C1CCCN1C(c1ccsc1)c1cc(C(F)(F)F)ccc1Cl. The Morgan fingerprint density at radius 1 is 1.36 bits per heavy atom. The summed E-state index contributed by atoms with van der Waals surface area (Å²) in [6.07, 6.45) is -3.35. The van der Waals surface area contributed by atoms with Crippen molar-refractivity contribution < 1.29 is 23.1 Å². The lowest BCUT2D eigenvalue weighted by Gasteiger charge is -2.32. The molecule has 2 heterocycles. The topological polar surface area (TPSA) is 40.5 Å². The molecule has 2 atom stereocenters. The van der Waals surface area contributed by atoms with Crippen LogP contribution in [0.4, 0.5) is 13.2 Å². The Bertz CT molecular complexity index is 764. The van der Waals surface area contributed by atoms with Crippen LogP contribution in [0.25, 0.3) is 0 Å². The van der Waals surface area contributed by atoms with Gasteiger partial charge in [0, 0.05) is 11.6 Å². The molecular formula is C17H15ClF3NO2S. The average Bonchev–Trinajstić information content (AvgIpc) is 3.20. The van der Waals surface area contributed by atoms with E-state index in [-0.39, 0.29) is 10.6 Å². The van der Waals surface area contributed by atoms with Crippen molar-refractivity contribution in [2.75, 3.05) is 6.54 Å². The molecule has 1 aromatic heterocycles. The van der Waals surface area contributed by atoms with Gasteiger partial charge in [-0.2, -0.15) is 24.5 Å². The van der Waals surface area contributed by atoms with Crippen LogP contribution in [0.15, 0.2) is 35.0 Å². The Kier molecular flexibility index (Phi) is 5.09. The van der Waals surface area contributed by atoms with Gasteiger partial charge in [-0.1, -0.05) is 11.6 Å². The van der Waals surface area contributed by atoms with Crippen molar-refractivity contribution in [3.63, 3.8) is 0 Å². The molecular weight excluding hydrogens is 375 g/mol. The highest BCUT2D eigenvalue weighted by molar-refractivity contribution is 7.08. The smallest absolute Gasteiger partial charge is 0.416 e. The number of carbonyl (C=O) groups is 1. The van der Waals surface area contributed by atoms with E-state index in [0.717, 1.165) is 17.7 Å². The fourth-order valence-electron chi connectivity index (χ4n) is 3.27. The van der Waals surface area contributed by atoms with Crippen LogP contribution in [0.3, 0.4) is 0 Å². The van der Waals surface area contributed by atoms with Crippen molar-refractivity contribution in [2.45, 2.75) is 31.1 Å².